The molecule has 2 aromatic rings. The third-order valence-electron chi connectivity index (χ3n) is 5.22. The van der Waals surface area contributed by atoms with Gasteiger partial charge in [0.1, 0.15) is 0 Å². The van der Waals surface area contributed by atoms with E-state index in [1.165, 1.54) is 16.7 Å². The number of carbonyl (C=O) groups is 1. The van der Waals surface area contributed by atoms with Crippen LogP contribution in [0.15, 0.2) is 40.9 Å². The largest absolute Gasteiger partial charge is 0.322 e. The summed E-state index contributed by atoms with van der Waals surface area (Å²) < 4.78 is 0.983. The lowest BCUT2D eigenvalue weighted by atomic mass is 9.86. The topological polar surface area (TPSA) is 32.3 Å². The minimum absolute atomic E-state index is 0.0761. The van der Waals surface area contributed by atoms with Crippen molar-refractivity contribution in [3.63, 3.8) is 0 Å². The smallest absolute Gasteiger partial charge is 0.255 e. The Hall–Kier alpha value is -1.65. The van der Waals surface area contributed by atoms with E-state index < -0.39 is 0 Å². The molecule has 0 aliphatic carbocycles. The first kappa shape index (κ1) is 18.2. The van der Waals surface area contributed by atoms with Crippen LogP contribution < -0.4 is 5.32 Å². The summed E-state index contributed by atoms with van der Waals surface area (Å²) in [5.74, 6) is -0.0761. The maximum absolute atomic E-state index is 12.6. The first-order valence-electron chi connectivity index (χ1n) is 8.73. The van der Waals surface area contributed by atoms with Gasteiger partial charge in [-0.2, -0.15) is 0 Å². The second-order valence-electron chi connectivity index (χ2n) is 7.44. The average Bonchev–Trinajstić information content (AvgIpc) is 2.56. The van der Waals surface area contributed by atoms with Crippen molar-refractivity contribution < 1.29 is 4.79 Å². The van der Waals surface area contributed by atoms with Crippen LogP contribution in [0.25, 0.3) is 0 Å². The first-order valence-corrected chi connectivity index (χ1v) is 9.52. The maximum atomic E-state index is 12.6. The molecule has 0 bridgehead atoms. The van der Waals surface area contributed by atoms with Gasteiger partial charge in [0, 0.05) is 27.8 Å². The van der Waals surface area contributed by atoms with Gasteiger partial charge < -0.3 is 5.32 Å². The van der Waals surface area contributed by atoms with Gasteiger partial charge in [0.25, 0.3) is 5.91 Å². The zero-order valence-electron chi connectivity index (χ0n) is 15.3. The second-order valence-corrected chi connectivity index (χ2v) is 8.30. The number of hydrogen-bond acceptors (Lipinski definition) is 2. The van der Waals surface area contributed by atoms with E-state index in [-0.39, 0.29) is 11.4 Å². The number of benzene rings is 2. The number of rotatable bonds is 3. The summed E-state index contributed by atoms with van der Waals surface area (Å²) in [5, 5.41) is 3.03. The molecule has 1 heterocycles. The van der Waals surface area contributed by atoms with E-state index in [1.54, 1.807) is 0 Å². The van der Waals surface area contributed by atoms with Gasteiger partial charge in [-0.05, 0) is 74.7 Å². The molecule has 25 heavy (non-hydrogen) atoms. The summed E-state index contributed by atoms with van der Waals surface area (Å²) in [5.41, 5.74) is 5.56. The van der Waals surface area contributed by atoms with E-state index in [1.807, 2.05) is 24.3 Å². The van der Waals surface area contributed by atoms with E-state index in [2.05, 4.69) is 66.1 Å². The Morgan fingerprint density at radius 1 is 1.20 bits per heavy atom. The van der Waals surface area contributed by atoms with E-state index >= 15 is 0 Å². The van der Waals surface area contributed by atoms with Crippen molar-refractivity contribution in [1.82, 2.24) is 4.90 Å². The predicted octanol–water partition coefficient (Wildman–Crippen LogP) is 5.03. The first-order chi connectivity index (χ1) is 11.8. The number of fused-ring (bicyclic) bond motifs is 1. The monoisotopic (exact) mass is 400 g/mol. The van der Waals surface area contributed by atoms with Crippen molar-refractivity contribution in [3.8, 4) is 0 Å². The zero-order chi connectivity index (χ0) is 18.2. The lowest BCUT2D eigenvalue weighted by Crippen LogP contribution is -2.45. The molecule has 0 saturated heterocycles. The highest BCUT2D eigenvalue weighted by Crippen LogP contribution is 2.31. The third kappa shape index (κ3) is 3.80. The lowest BCUT2D eigenvalue weighted by Gasteiger charge is -2.41. The molecular formula is C21H25BrN2O. The Labute approximate surface area is 158 Å². The molecule has 0 saturated carbocycles. The van der Waals surface area contributed by atoms with Gasteiger partial charge in [-0.15, -0.1) is 0 Å². The normalized spacial score (nSPS) is 16.4. The maximum Gasteiger partial charge on any atom is 0.255 e. The number of anilines is 1. The highest BCUT2D eigenvalue weighted by molar-refractivity contribution is 9.10. The van der Waals surface area contributed by atoms with Crippen LogP contribution in [0.2, 0.25) is 0 Å². The van der Waals surface area contributed by atoms with Crippen molar-refractivity contribution in [2.24, 2.45) is 0 Å². The molecule has 0 aromatic heterocycles. The minimum Gasteiger partial charge on any atom is -0.322 e. The van der Waals surface area contributed by atoms with Crippen LogP contribution in [-0.2, 0) is 19.4 Å². The Kier molecular flexibility index (Phi) is 5.03. The SMILES string of the molecule is CCc1ccc(C(=O)Nc2ccc3c(c2)CN(C)C(C)(C)C3)cc1Br. The molecule has 0 atom stereocenters. The van der Waals surface area contributed by atoms with E-state index in [0.717, 1.165) is 29.5 Å². The third-order valence-corrected chi connectivity index (χ3v) is 5.96. The fourth-order valence-electron chi connectivity index (χ4n) is 3.27. The quantitative estimate of drug-likeness (QED) is 0.783. The van der Waals surface area contributed by atoms with Gasteiger partial charge in [-0.3, -0.25) is 9.69 Å². The lowest BCUT2D eigenvalue weighted by molar-refractivity contribution is 0.102. The van der Waals surface area contributed by atoms with Crippen LogP contribution in [0.3, 0.4) is 0 Å². The highest BCUT2D eigenvalue weighted by atomic mass is 79.9. The Morgan fingerprint density at radius 2 is 1.96 bits per heavy atom. The minimum atomic E-state index is -0.0761. The summed E-state index contributed by atoms with van der Waals surface area (Å²) in [6.45, 7) is 7.54. The van der Waals surface area contributed by atoms with Gasteiger partial charge in [0.05, 0.1) is 0 Å². The van der Waals surface area contributed by atoms with Crippen LogP contribution in [0.1, 0.15) is 47.8 Å². The van der Waals surface area contributed by atoms with Gasteiger partial charge in [-0.25, -0.2) is 0 Å². The van der Waals surface area contributed by atoms with Crippen LogP contribution in [-0.4, -0.2) is 23.4 Å². The van der Waals surface area contributed by atoms with Crippen LogP contribution in [0.4, 0.5) is 5.69 Å². The number of amides is 1. The summed E-state index contributed by atoms with van der Waals surface area (Å²) in [7, 11) is 2.15. The molecule has 0 radical (unpaired) electrons. The second kappa shape index (κ2) is 6.93. The van der Waals surface area contributed by atoms with Crippen LogP contribution in [0, 0.1) is 0 Å². The number of hydrogen-bond donors (Lipinski definition) is 1. The Morgan fingerprint density at radius 3 is 2.64 bits per heavy atom. The van der Waals surface area contributed by atoms with E-state index in [9.17, 15) is 4.79 Å². The predicted molar refractivity (Wildman–Crippen MR) is 107 cm³/mol. The molecule has 1 amide bonds. The molecule has 1 aliphatic rings. The fraction of sp³-hybridized carbons (Fsp3) is 0.381. The number of carbonyl (C=O) groups excluding carboxylic acids is 1. The average molecular weight is 401 g/mol. The molecule has 0 spiro atoms. The number of halogens is 1. The van der Waals surface area contributed by atoms with Gasteiger partial charge in [0.2, 0.25) is 0 Å². The number of likely N-dealkylation sites (N-methyl/N-ethyl adjacent to an activating group) is 1. The van der Waals surface area contributed by atoms with Crippen molar-refractivity contribution in [3.05, 3.63) is 63.1 Å². The Bertz CT molecular complexity index is 814. The van der Waals surface area contributed by atoms with Gasteiger partial charge >= 0.3 is 0 Å². The molecule has 132 valence electrons. The molecule has 3 nitrogen and oxygen atoms in total. The highest BCUT2D eigenvalue weighted by Gasteiger charge is 2.29. The molecule has 0 fully saturated rings. The summed E-state index contributed by atoms with van der Waals surface area (Å²) in [4.78, 5) is 14.9. The van der Waals surface area contributed by atoms with Crippen LogP contribution in [0.5, 0.6) is 0 Å². The van der Waals surface area contributed by atoms with Crippen molar-refractivity contribution in [1.29, 1.82) is 0 Å². The van der Waals surface area contributed by atoms with E-state index in [0.29, 0.717) is 5.56 Å². The van der Waals surface area contributed by atoms with Crippen LogP contribution >= 0.6 is 15.9 Å². The summed E-state index contributed by atoms with van der Waals surface area (Å²) in [6.07, 6.45) is 1.97. The Balaban J connectivity index is 1.79. The molecule has 1 aliphatic heterocycles. The van der Waals surface area contributed by atoms with Crippen molar-refractivity contribution >= 4 is 27.5 Å². The fourth-order valence-corrected chi connectivity index (χ4v) is 3.93. The van der Waals surface area contributed by atoms with Crippen molar-refractivity contribution in [2.45, 2.75) is 45.7 Å². The molecular weight excluding hydrogens is 376 g/mol. The number of aryl methyl sites for hydroxylation is 1. The zero-order valence-corrected chi connectivity index (χ0v) is 16.9. The standard InChI is InChI=1S/C21H25BrN2O/c1-5-14-6-7-15(11-19(14)22)20(25)23-18-9-8-16-12-21(2,3)24(4)13-17(16)10-18/h6-11H,5,12-13H2,1-4H3,(H,23,25). The molecule has 0 unspecified atom stereocenters. The summed E-state index contributed by atoms with van der Waals surface area (Å²) >= 11 is 3.54. The summed E-state index contributed by atoms with van der Waals surface area (Å²) in [6, 6.07) is 12.0. The molecule has 2 aromatic carbocycles. The molecule has 1 N–H and O–H groups in total. The molecule has 3 rings (SSSR count). The number of nitrogens with one attached hydrogen (secondary N) is 1. The van der Waals surface area contributed by atoms with E-state index in [4.69, 9.17) is 0 Å². The van der Waals surface area contributed by atoms with Gasteiger partial charge in [-0.1, -0.05) is 35.0 Å². The number of nitrogens with zero attached hydrogens (tertiary/aromatic N) is 1. The molecule has 4 heteroatoms. The van der Waals surface area contributed by atoms with Gasteiger partial charge in [0.15, 0.2) is 0 Å². The van der Waals surface area contributed by atoms with Crippen molar-refractivity contribution in [2.75, 3.05) is 12.4 Å².